The van der Waals surface area contributed by atoms with Gasteiger partial charge in [-0.3, -0.25) is 0 Å². The summed E-state index contributed by atoms with van der Waals surface area (Å²) in [5, 5.41) is -0.100. The molecule has 1 rings (SSSR count). The quantitative estimate of drug-likeness (QED) is 0.419. The van der Waals surface area contributed by atoms with E-state index in [0.717, 1.165) is 6.07 Å². The Bertz CT molecular complexity index is 391. The summed E-state index contributed by atoms with van der Waals surface area (Å²) in [5.41, 5.74) is -2.76. The number of halogens is 7. The lowest BCUT2D eigenvalue weighted by Gasteiger charge is -2.14. The highest BCUT2D eigenvalue weighted by atomic mass is 79.9. The molecule has 0 unspecified atom stereocenters. The van der Waals surface area contributed by atoms with Crippen molar-refractivity contribution in [2.45, 2.75) is 17.9 Å². The van der Waals surface area contributed by atoms with Crippen LogP contribution < -0.4 is 0 Å². The van der Waals surface area contributed by atoms with E-state index in [1.54, 1.807) is 0 Å². The van der Waals surface area contributed by atoms with Gasteiger partial charge in [-0.1, -0.05) is 15.9 Å². The average molecular weight is 369 g/mol. The summed E-state index contributed by atoms with van der Waals surface area (Å²) in [4.78, 5) is 3.07. The SMILES string of the molecule is FC(F)c1c(CBr)cc(Br)nc1C(F)(F)F. The summed E-state index contributed by atoms with van der Waals surface area (Å²) in [6.45, 7) is 0. The minimum Gasteiger partial charge on any atom is -0.236 e. The summed E-state index contributed by atoms with van der Waals surface area (Å²) in [6.07, 6.45) is -8.11. The van der Waals surface area contributed by atoms with Gasteiger partial charge < -0.3 is 0 Å². The average Bonchev–Trinajstić information content (AvgIpc) is 2.14. The number of alkyl halides is 6. The predicted octanol–water partition coefficient (Wildman–Crippen LogP) is 4.70. The van der Waals surface area contributed by atoms with Crippen molar-refractivity contribution >= 4 is 31.9 Å². The highest BCUT2D eigenvalue weighted by Crippen LogP contribution is 2.38. The lowest BCUT2D eigenvalue weighted by Crippen LogP contribution is -2.14. The van der Waals surface area contributed by atoms with Crippen LogP contribution in [0, 0.1) is 0 Å². The maximum Gasteiger partial charge on any atom is 0.433 e. The molecule has 8 heteroatoms. The maximum atomic E-state index is 12.6. The first kappa shape index (κ1) is 13.8. The van der Waals surface area contributed by atoms with E-state index in [1.165, 1.54) is 0 Å². The summed E-state index contributed by atoms with van der Waals surface area (Å²) < 4.78 is 62.4. The smallest absolute Gasteiger partial charge is 0.236 e. The molecule has 0 aliphatic heterocycles. The Morgan fingerprint density at radius 2 is 1.88 bits per heavy atom. The molecule has 0 aliphatic carbocycles. The molecule has 1 aromatic rings. The van der Waals surface area contributed by atoms with Gasteiger partial charge in [-0.15, -0.1) is 0 Å². The van der Waals surface area contributed by atoms with Crippen LogP contribution in [0.15, 0.2) is 10.7 Å². The molecule has 0 amide bonds. The molecule has 0 atom stereocenters. The minimum atomic E-state index is -4.90. The molecule has 90 valence electrons. The van der Waals surface area contributed by atoms with Crippen LogP contribution in [0.25, 0.3) is 0 Å². The fraction of sp³-hybridized carbons (Fsp3) is 0.375. The predicted molar refractivity (Wildman–Crippen MR) is 54.5 cm³/mol. The van der Waals surface area contributed by atoms with Crippen molar-refractivity contribution in [1.82, 2.24) is 4.98 Å². The zero-order chi connectivity index (χ0) is 12.5. The molecule has 0 radical (unpaired) electrons. The lowest BCUT2D eigenvalue weighted by molar-refractivity contribution is -0.143. The highest BCUT2D eigenvalue weighted by Gasteiger charge is 2.39. The summed E-state index contributed by atoms with van der Waals surface area (Å²) in [6, 6.07) is 1.13. The first-order valence-electron chi connectivity index (χ1n) is 3.88. The van der Waals surface area contributed by atoms with Crippen LogP contribution in [0.5, 0.6) is 0 Å². The second-order valence-electron chi connectivity index (χ2n) is 2.80. The molecule has 0 N–H and O–H groups in total. The number of hydrogen-bond acceptors (Lipinski definition) is 1. The highest BCUT2D eigenvalue weighted by molar-refractivity contribution is 9.10. The molecule has 1 aromatic heterocycles. The van der Waals surface area contributed by atoms with E-state index in [-0.39, 0.29) is 15.5 Å². The third-order valence-corrected chi connectivity index (χ3v) is 2.75. The molecular weight excluding hydrogens is 365 g/mol. The Morgan fingerprint density at radius 3 is 2.25 bits per heavy atom. The van der Waals surface area contributed by atoms with E-state index < -0.39 is 23.9 Å². The summed E-state index contributed by atoms with van der Waals surface area (Å²) in [7, 11) is 0. The van der Waals surface area contributed by atoms with Crippen LogP contribution in [0.4, 0.5) is 22.0 Å². The van der Waals surface area contributed by atoms with Crippen LogP contribution in [0.1, 0.15) is 23.2 Å². The van der Waals surface area contributed by atoms with Crippen LogP contribution in [0.2, 0.25) is 0 Å². The van der Waals surface area contributed by atoms with Gasteiger partial charge in [-0.05, 0) is 27.6 Å². The van der Waals surface area contributed by atoms with Crippen molar-refractivity contribution in [3.05, 3.63) is 27.5 Å². The first-order chi connectivity index (χ1) is 7.27. The Morgan fingerprint density at radius 1 is 1.31 bits per heavy atom. The van der Waals surface area contributed by atoms with Crippen molar-refractivity contribution in [3.8, 4) is 0 Å². The maximum absolute atomic E-state index is 12.6. The first-order valence-corrected chi connectivity index (χ1v) is 5.79. The number of aromatic nitrogens is 1. The zero-order valence-electron chi connectivity index (χ0n) is 7.45. The van der Waals surface area contributed by atoms with Crippen molar-refractivity contribution < 1.29 is 22.0 Å². The molecule has 0 fully saturated rings. The van der Waals surface area contributed by atoms with E-state index in [2.05, 4.69) is 36.8 Å². The van der Waals surface area contributed by atoms with Gasteiger partial charge in [0.2, 0.25) is 0 Å². The van der Waals surface area contributed by atoms with Crippen molar-refractivity contribution in [3.63, 3.8) is 0 Å². The van der Waals surface area contributed by atoms with E-state index in [1.807, 2.05) is 0 Å². The third kappa shape index (κ3) is 2.91. The summed E-state index contributed by atoms with van der Waals surface area (Å²) >= 11 is 5.62. The minimum absolute atomic E-state index is 0.100. The molecule has 0 bridgehead atoms. The van der Waals surface area contributed by atoms with E-state index >= 15 is 0 Å². The second-order valence-corrected chi connectivity index (χ2v) is 4.17. The Balaban J connectivity index is 3.51. The topological polar surface area (TPSA) is 12.9 Å². The van der Waals surface area contributed by atoms with Gasteiger partial charge in [-0.25, -0.2) is 13.8 Å². The van der Waals surface area contributed by atoms with E-state index in [4.69, 9.17) is 0 Å². The number of hydrogen-bond donors (Lipinski definition) is 0. The van der Waals surface area contributed by atoms with Gasteiger partial charge in [0.15, 0.2) is 5.69 Å². The summed E-state index contributed by atoms with van der Waals surface area (Å²) in [5.74, 6) is 0. The zero-order valence-corrected chi connectivity index (χ0v) is 10.6. The van der Waals surface area contributed by atoms with Crippen LogP contribution >= 0.6 is 31.9 Å². The molecule has 0 spiro atoms. The number of pyridine rings is 1. The molecule has 1 heterocycles. The monoisotopic (exact) mass is 367 g/mol. The Hall–Kier alpha value is -0.240. The number of nitrogens with zero attached hydrogens (tertiary/aromatic N) is 1. The fourth-order valence-corrected chi connectivity index (χ4v) is 2.06. The van der Waals surface area contributed by atoms with Gasteiger partial charge in [0, 0.05) is 5.33 Å². The second kappa shape index (κ2) is 4.95. The van der Waals surface area contributed by atoms with Crippen LogP contribution in [0.3, 0.4) is 0 Å². The third-order valence-electron chi connectivity index (χ3n) is 1.74. The molecule has 0 aliphatic rings. The van der Waals surface area contributed by atoms with Crippen molar-refractivity contribution in [1.29, 1.82) is 0 Å². The van der Waals surface area contributed by atoms with Gasteiger partial charge in [0.1, 0.15) is 4.60 Å². The largest absolute Gasteiger partial charge is 0.433 e. The van der Waals surface area contributed by atoms with Crippen molar-refractivity contribution in [2.24, 2.45) is 0 Å². The van der Waals surface area contributed by atoms with E-state index in [9.17, 15) is 22.0 Å². The molecule has 0 aromatic carbocycles. The van der Waals surface area contributed by atoms with Crippen LogP contribution in [-0.2, 0) is 11.5 Å². The van der Waals surface area contributed by atoms with Gasteiger partial charge in [-0.2, -0.15) is 13.2 Å². The van der Waals surface area contributed by atoms with E-state index in [0.29, 0.717) is 0 Å². The molecule has 1 nitrogen and oxygen atoms in total. The lowest BCUT2D eigenvalue weighted by atomic mass is 10.1. The van der Waals surface area contributed by atoms with Crippen LogP contribution in [-0.4, -0.2) is 4.98 Å². The normalized spacial score (nSPS) is 12.2. The number of rotatable bonds is 2. The molecular formula is C8H4Br2F5N. The molecule has 0 saturated carbocycles. The van der Waals surface area contributed by atoms with Gasteiger partial charge in [0.05, 0.1) is 5.56 Å². The van der Waals surface area contributed by atoms with Crippen molar-refractivity contribution in [2.75, 3.05) is 0 Å². The standard InChI is InChI=1S/C8H4Br2F5N/c9-2-3-1-4(10)16-6(8(13,14)15)5(3)7(11)12/h1,7H,2H2. The van der Waals surface area contributed by atoms with Gasteiger partial charge >= 0.3 is 6.18 Å². The fourth-order valence-electron chi connectivity index (χ4n) is 1.14. The Kier molecular flexibility index (Phi) is 4.28. The molecule has 16 heavy (non-hydrogen) atoms. The van der Waals surface area contributed by atoms with Gasteiger partial charge in [0.25, 0.3) is 6.43 Å². The molecule has 0 saturated heterocycles. The Labute approximate surface area is 104 Å².